The molecule has 2 aromatic carbocycles. The predicted molar refractivity (Wildman–Crippen MR) is 78.5 cm³/mol. The summed E-state index contributed by atoms with van der Waals surface area (Å²) >= 11 is 0. The Morgan fingerprint density at radius 1 is 1.05 bits per heavy atom. The summed E-state index contributed by atoms with van der Waals surface area (Å²) in [7, 11) is 0. The van der Waals surface area contributed by atoms with E-state index in [1.165, 1.54) is 5.06 Å². The van der Waals surface area contributed by atoms with Gasteiger partial charge in [-0.05, 0) is 24.3 Å². The molecule has 2 atom stereocenters. The molecule has 2 aromatic rings. The van der Waals surface area contributed by atoms with Gasteiger partial charge in [-0.3, -0.25) is 10.3 Å². The molecule has 1 fully saturated rings. The molecule has 20 heavy (non-hydrogen) atoms. The molecule has 0 aliphatic carbocycles. The van der Waals surface area contributed by atoms with Gasteiger partial charge in [-0.2, -0.15) is 0 Å². The molecule has 2 unspecified atom stereocenters. The molecule has 1 N–H and O–H groups in total. The van der Waals surface area contributed by atoms with Crippen LogP contribution in [-0.2, 0) is 4.84 Å². The molecule has 0 radical (unpaired) electrons. The third-order valence-corrected chi connectivity index (χ3v) is 3.48. The van der Waals surface area contributed by atoms with Crippen LogP contribution in [0.5, 0.6) is 0 Å². The van der Waals surface area contributed by atoms with Crippen molar-refractivity contribution in [3.05, 3.63) is 60.7 Å². The van der Waals surface area contributed by atoms with Gasteiger partial charge in [0.15, 0.2) is 6.23 Å². The lowest BCUT2D eigenvalue weighted by Crippen LogP contribution is -2.36. The van der Waals surface area contributed by atoms with Crippen molar-refractivity contribution < 1.29 is 10.0 Å². The summed E-state index contributed by atoms with van der Waals surface area (Å²) in [6.07, 6.45) is -0.377. The Balaban J connectivity index is 1.76. The summed E-state index contributed by atoms with van der Waals surface area (Å²) in [4.78, 5) is 5.89. The molecule has 1 aliphatic rings. The fourth-order valence-electron chi connectivity index (χ4n) is 2.40. The van der Waals surface area contributed by atoms with Crippen molar-refractivity contribution in [2.24, 2.45) is 5.92 Å². The van der Waals surface area contributed by atoms with Crippen molar-refractivity contribution in [1.82, 2.24) is 0 Å². The van der Waals surface area contributed by atoms with Crippen LogP contribution in [0.3, 0.4) is 0 Å². The van der Waals surface area contributed by atoms with E-state index in [9.17, 15) is 5.21 Å². The highest BCUT2D eigenvalue weighted by molar-refractivity contribution is 5.47. The van der Waals surface area contributed by atoms with Crippen molar-refractivity contribution in [1.29, 1.82) is 0 Å². The van der Waals surface area contributed by atoms with Crippen LogP contribution in [0.4, 0.5) is 11.4 Å². The lowest BCUT2D eigenvalue weighted by molar-refractivity contribution is 0.00806. The monoisotopic (exact) mass is 270 g/mol. The molecule has 4 nitrogen and oxygen atoms in total. The maximum atomic E-state index is 10.3. The van der Waals surface area contributed by atoms with E-state index in [1.54, 1.807) is 0 Å². The Morgan fingerprint density at radius 2 is 1.65 bits per heavy atom. The topological polar surface area (TPSA) is 35.9 Å². The zero-order chi connectivity index (χ0) is 13.9. The molecule has 3 rings (SSSR count). The molecule has 0 saturated carbocycles. The third-order valence-electron chi connectivity index (χ3n) is 3.48. The van der Waals surface area contributed by atoms with Crippen LogP contribution in [0.15, 0.2) is 60.7 Å². The van der Waals surface area contributed by atoms with Crippen molar-refractivity contribution in [2.45, 2.75) is 13.2 Å². The van der Waals surface area contributed by atoms with Crippen LogP contribution >= 0.6 is 0 Å². The van der Waals surface area contributed by atoms with Gasteiger partial charge >= 0.3 is 0 Å². The van der Waals surface area contributed by atoms with E-state index in [0.29, 0.717) is 0 Å². The zero-order valence-electron chi connectivity index (χ0n) is 11.4. The molecule has 4 heteroatoms. The number of benzene rings is 2. The Kier molecular flexibility index (Phi) is 3.58. The molecular formula is C16H18N2O2. The van der Waals surface area contributed by atoms with Crippen LogP contribution in [0, 0.1) is 5.92 Å². The number of nitrogens with zero attached hydrogens (tertiary/aromatic N) is 2. The van der Waals surface area contributed by atoms with Gasteiger partial charge in [0, 0.05) is 5.92 Å². The second kappa shape index (κ2) is 5.53. The summed E-state index contributed by atoms with van der Waals surface area (Å²) in [5, 5.41) is 13.4. The maximum absolute atomic E-state index is 10.3. The first-order chi connectivity index (χ1) is 9.75. The van der Waals surface area contributed by atoms with Crippen molar-refractivity contribution >= 4 is 11.4 Å². The number of hydroxylamine groups is 2. The second-order valence-corrected chi connectivity index (χ2v) is 5.05. The summed E-state index contributed by atoms with van der Waals surface area (Å²) < 4.78 is 0. The first-order valence-corrected chi connectivity index (χ1v) is 6.78. The van der Waals surface area contributed by atoms with Crippen molar-refractivity contribution in [3.63, 3.8) is 0 Å². The van der Waals surface area contributed by atoms with Crippen molar-refractivity contribution in [2.75, 3.05) is 16.7 Å². The van der Waals surface area contributed by atoms with Gasteiger partial charge in [-0.25, -0.2) is 9.90 Å². The molecule has 1 heterocycles. The van der Waals surface area contributed by atoms with E-state index >= 15 is 0 Å². The molecular weight excluding hydrogens is 252 g/mol. The van der Waals surface area contributed by atoms with E-state index < -0.39 is 0 Å². The Bertz CT molecular complexity index is 547. The molecule has 0 spiro atoms. The van der Waals surface area contributed by atoms with Crippen LogP contribution in [0.1, 0.15) is 6.92 Å². The lowest BCUT2D eigenvalue weighted by atomic mass is 10.1. The second-order valence-electron chi connectivity index (χ2n) is 5.05. The van der Waals surface area contributed by atoms with E-state index in [2.05, 4.69) is 6.92 Å². The minimum absolute atomic E-state index is 0.195. The SMILES string of the molecule is CC1CN(c2ccccc2)OC1N(O)c1ccccc1. The van der Waals surface area contributed by atoms with Gasteiger partial charge in [0.05, 0.1) is 17.9 Å². The van der Waals surface area contributed by atoms with Crippen molar-refractivity contribution in [3.8, 4) is 0 Å². The van der Waals surface area contributed by atoms with Crippen LogP contribution in [-0.4, -0.2) is 18.0 Å². The number of hydrogen-bond donors (Lipinski definition) is 1. The highest BCUT2D eigenvalue weighted by atomic mass is 16.7. The smallest absolute Gasteiger partial charge is 0.185 e. The van der Waals surface area contributed by atoms with Gasteiger partial charge in [0.25, 0.3) is 0 Å². The first kappa shape index (κ1) is 13.0. The first-order valence-electron chi connectivity index (χ1n) is 6.78. The standard InChI is InChI=1S/C16H18N2O2/c1-13-12-17(14-8-4-2-5-9-14)20-16(13)18(19)15-10-6-3-7-11-15/h2-11,13,16,19H,12H2,1H3. The highest BCUT2D eigenvalue weighted by Crippen LogP contribution is 2.29. The number of para-hydroxylation sites is 2. The molecule has 0 bridgehead atoms. The summed E-state index contributed by atoms with van der Waals surface area (Å²) in [5.74, 6) is 0.195. The van der Waals surface area contributed by atoms with Crippen LogP contribution in [0.25, 0.3) is 0 Å². The Labute approximate surface area is 118 Å². The summed E-state index contributed by atoms with van der Waals surface area (Å²) in [5.41, 5.74) is 1.74. The quantitative estimate of drug-likeness (QED) is 0.868. The van der Waals surface area contributed by atoms with Crippen LogP contribution in [0.2, 0.25) is 0 Å². The molecule has 1 aliphatic heterocycles. The van der Waals surface area contributed by atoms with Gasteiger partial charge in [0.1, 0.15) is 0 Å². The fourth-order valence-corrected chi connectivity index (χ4v) is 2.40. The lowest BCUT2D eigenvalue weighted by Gasteiger charge is -2.26. The van der Waals surface area contributed by atoms with Gasteiger partial charge in [0.2, 0.25) is 0 Å². The Morgan fingerprint density at radius 3 is 2.30 bits per heavy atom. The van der Waals surface area contributed by atoms with Gasteiger partial charge in [-0.15, -0.1) is 0 Å². The molecule has 104 valence electrons. The van der Waals surface area contributed by atoms with Gasteiger partial charge in [-0.1, -0.05) is 43.3 Å². The summed E-state index contributed by atoms with van der Waals surface area (Å²) in [6, 6.07) is 19.4. The number of rotatable bonds is 3. The average molecular weight is 270 g/mol. The fraction of sp³-hybridized carbons (Fsp3) is 0.250. The van der Waals surface area contributed by atoms with E-state index in [-0.39, 0.29) is 12.1 Å². The van der Waals surface area contributed by atoms with E-state index in [4.69, 9.17) is 4.84 Å². The highest BCUT2D eigenvalue weighted by Gasteiger charge is 2.35. The minimum Gasteiger partial charge on any atom is -0.286 e. The van der Waals surface area contributed by atoms with E-state index in [0.717, 1.165) is 17.9 Å². The molecule has 1 saturated heterocycles. The maximum Gasteiger partial charge on any atom is 0.185 e. The molecule has 0 aromatic heterocycles. The van der Waals surface area contributed by atoms with E-state index in [1.807, 2.05) is 65.7 Å². The zero-order valence-corrected chi connectivity index (χ0v) is 11.4. The number of anilines is 2. The summed E-state index contributed by atoms with van der Waals surface area (Å²) in [6.45, 7) is 2.82. The Hall–Kier alpha value is -2.04. The minimum atomic E-state index is -0.377. The van der Waals surface area contributed by atoms with Crippen LogP contribution < -0.4 is 10.1 Å². The predicted octanol–water partition coefficient (Wildman–Crippen LogP) is 3.30. The normalized spacial score (nSPS) is 22.0. The number of hydrogen-bond acceptors (Lipinski definition) is 4. The van der Waals surface area contributed by atoms with Gasteiger partial charge < -0.3 is 0 Å². The average Bonchev–Trinajstić information content (AvgIpc) is 2.90. The molecule has 0 amide bonds. The third kappa shape index (κ3) is 2.48. The largest absolute Gasteiger partial charge is 0.286 e.